The van der Waals surface area contributed by atoms with Crippen molar-refractivity contribution in [2.45, 2.75) is 26.3 Å². The molecule has 0 bridgehead atoms. The predicted molar refractivity (Wildman–Crippen MR) is 64.4 cm³/mol. The lowest BCUT2D eigenvalue weighted by Gasteiger charge is -2.19. The van der Waals surface area contributed by atoms with Crippen molar-refractivity contribution in [2.24, 2.45) is 5.73 Å². The smallest absolute Gasteiger partial charge is 0.119 e. The van der Waals surface area contributed by atoms with E-state index in [1.807, 2.05) is 45.0 Å². The minimum absolute atomic E-state index is 0.196. The summed E-state index contributed by atoms with van der Waals surface area (Å²) in [5.74, 6) is 0.898. The third kappa shape index (κ3) is 4.70. The molecule has 0 aliphatic heterocycles. The first kappa shape index (κ1) is 11.9. The fourth-order valence-corrected chi connectivity index (χ4v) is 1.17. The molecular weight excluding hydrogens is 188 g/mol. The van der Waals surface area contributed by atoms with Crippen molar-refractivity contribution in [3.8, 4) is 5.75 Å². The first-order chi connectivity index (χ1) is 7.01. The van der Waals surface area contributed by atoms with Crippen LogP contribution in [0.1, 0.15) is 20.8 Å². The molecule has 0 aromatic heterocycles. The summed E-state index contributed by atoms with van der Waals surface area (Å²) >= 11 is 0. The first-order valence-corrected chi connectivity index (χ1v) is 5.27. The second-order valence-electron chi connectivity index (χ2n) is 4.30. The molecule has 0 spiro atoms. The second-order valence-corrected chi connectivity index (χ2v) is 4.30. The van der Waals surface area contributed by atoms with Gasteiger partial charge in [-0.05, 0) is 45.0 Å². The highest BCUT2D eigenvalue weighted by Crippen LogP contribution is 2.15. The molecule has 3 N–H and O–H groups in total. The maximum absolute atomic E-state index is 5.87. The third-order valence-electron chi connectivity index (χ3n) is 1.91. The van der Waals surface area contributed by atoms with Gasteiger partial charge in [-0.3, -0.25) is 0 Å². The molecule has 0 aliphatic carbocycles. The summed E-state index contributed by atoms with van der Waals surface area (Å²) in [7, 11) is 0. The standard InChI is InChI=1S/C12H20N2O/c1-4-15-11-7-5-10(6-8-11)14-9-12(2,3)13/h5-8,14H,4,9,13H2,1-3H3. The van der Waals surface area contributed by atoms with E-state index in [2.05, 4.69) is 5.32 Å². The summed E-state index contributed by atoms with van der Waals surface area (Å²) in [6.45, 7) is 7.41. The monoisotopic (exact) mass is 208 g/mol. The molecule has 0 aliphatic rings. The SMILES string of the molecule is CCOc1ccc(NCC(C)(C)N)cc1. The minimum Gasteiger partial charge on any atom is -0.494 e. The van der Waals surface area contributed by atoms with Gasteiger partial charge in [0.25, 0.3) is 0 Å². The van der Waals surface area contributed by atoms with Crippen molar-refractivity contribution in [1.29, 1.82) is 0 Å². The van der Waals surface area contributed by atoms with Gasteiger partial charge in [-0.25, -0.2) is 0 Å². The van der Waals surface area contributed by atoms with Gasteiger partial charge in [0.15, 0.2) is 0 Å². The van der Waals surface area contributed by atoms with E-state index in [0.29, 0.717) is 6.61 Å². The summed E-state index contributed by atoms with van der Waals surface area (Å²) in [6, 6.07) is 7.90. The molecule has 84 valence electrons. The zero-order chi connectivity index (χ0) is 11.3. The Labute approximate surface area is 91.6 Å². The molecule has 1 rings (SSSR count). The molecule has 0 heterocycles. The highest BCUT2D eigenvalue weighted by molar-refractivity contribution is 5.46. The molecular formula is C12H20N2O. The summed E-state index contributed by atoms with van der Waals surface area (Å²) in [6.07, 6.45) is 0. The number of ether oxygens (including phenoxy) is 1. The van der Waals surface area contributed by atoms with E-state index in [-0.39, 0.29) is 5.54 Å². The molecule has 0 saturated carbocycles. The maximum atomic E-state index is 5.87. The number of anilines is 1. The number of nitrogens with two attached hydrogens (primary N) is 1. The van der Waals surface area contributed by atoms with Crippen molar-refractivity contribution in [1.82, 2.24) is 0 Å². The Bertz CT molecular complexity index is 287. The Morgan fingerprint density at radius 1 is 1.27 bits per heavy atom. The lowest BCUT2D eigenvalue weighted by atomic mass is 10.1. The quantitative estimate of drug-likeness (QED) is 0.780. The average molecular weight is 208 g/mol. The molecule has 0 amide bonds. The van der Waals surface area contributed by atoms with Gasteiger partial charge in [0.1, 0.15) is 5.75 Å². The van der Waals surface area contributed by atoms with Crippen LogP contribution < -0.4 is 15.8 Å². The van der Waals surface area contributed by atoms with Gasteiger partial charge in [0, 0.05) is 17.8 Å². The van der Waals surface area contributed by atoms with Crippen molar-refractivity contribution in [3.63, 3.8) is 0 Å². The van der Waals surface area contributed by atoms with E-state index in [0.717, 1.165) is 18.0 Å². The van der Waals surface area contributed by atoms with Crippen LogP contribution in [0.15, 0.2) is 24.3 Å². The van der Waals surface area contributed by atoms with E-state index in [9.17, 15) is 0 Å². The van der Waals surface area contributed by atoms with E-state index >= 15 is 0 Å². The van der Waals surface area contributed by atoms with Crippen LogP contribution in [0.25, 0.3) is 0 Å². The molecule has 3 heteroatoms. The molecule has 0 atom stereocenters. The van der Waals surface area contributed by atoms with E-state index < -0.39 is 0 Å². The topological polar surface area (TPSA) is 47.3 Å². The van der Waals surface area contributed by atoms with Crippen molar-refractivity contribution in [2.75, 3.05) is 18.5 Å². The third-order valence-corrected chi connectivity index (χ3v) is 1.91. The van der Waals surface area contributed by atoms with Crippen LogP contribution in [-0.2, 0) is 0 Å². The highest BCUT2D eigenvalue weighted by atomic mass is 16.5. The molecule has 0 unspecified atom stereocenters. The average Bonchev–Trinajstić information content (AvgIpc) is 2.16. The van der Waals surface area contributed by atoms with Crippen molar-refractivity contribution < 1.29 is 4.74 Å². The summed E-state index contributed by atoms with van der Waals surface area (Å²) in [5.41, 5.74) is 6.74. The van der Waals surface area contributed by atoms with Gasteiger partial charge in [-0.15, -0.1) is 0 Å². The maximum Gasteiger partial charge on any atom is 0.119 e. The fraction of sp³-hybridized carbons (Fsp3) is 0.500. The van der Waals surface area contributed by atoms with E-state index in [1.165, 1.54) is 0 Å². The second kappa shape index (κ2) is 5.03. The zero-order valence-electron chi connectivity index (χ0n) is 9.71. The molecule has 0 fully saturated rings. The van der Waals surface area contributed by atoms with Gasteiger partial charge >= 0.3 is 0 Å². The summed E-state index contributed by atoms with van der Waals surface area (Å²) < 4.78 is 5.35. The molecule has 0 radical (unpaired) electrons. The minimum atomic E-state index is -0.196. The van der Waals surface area contributed by atoms with Crippen LogP contribution in [-0.4, -0.2) is 18.7 Å². The van der Waals surface area contributed by atoms with Gasteiger partial charge in [0.05, 0.1) is 6.61 Å². The molecule has 0 saturated heterocycles. The molecule has 1 aromatic carbocycles. The normalized spacial score (nSPS) is 11.2. The van der Waals surface area contributed by atoms with Crippen LogP contribution >= 0.6 is 0 Å². The Morgan fingerprint density at radius 2 is 1.87 bits per heavy atom. The number of rotatable bonds is 5. The van der Waals surface area contributed by atoms with E-state index in [1.54, 1.807) is 0 Å². The van der Waals surface area contributed by atoms with E-state index in [4.69, 9.17) is 10.5 Å². The lowest BCUT2D eigenvalue weighted by Crippen LogP contribution is -2.39. The van der Waals surface area contributed by atoms with Crippen LogP contribution in [0.3, 0.4) is 0 Å². The van der Waals surface area contributed by atoms with Crippen molar-refractivity contribution >= 4 is 5.69 Å². The molecule has 15 heavy (non-hydrogen) atoms. The van der Waals surface area contributed by atoms with Crippen LogP contribution in [0, 0.1) is 0 Å². The highest BCUT2D eigenvalue weighted by Gasteiger charge is 2.09. The van der Waals surface area contributed by atoms with Gasteiger partial charge < -0.3 is 15.8 Å². The van der Waals surface area contributed by atoms with Gasteiger partial charge in [-0.2, -0.15) is 0 Å². The number of hydrogen-bond donors (Lipinski definition) is 2. The van der Waals surface area contributed by atoms with Crippen molar-refractivity contribution in [3.05, 3.63) is 24.3 Å². The Kier molecular flexibility index (Phi) is 3.97. The lowest BCUT2D eigenvalue weighted by molar-refractivity contribution is 0.340. The van der Waals surface area contributed by atoms with Crippen LogP contribution in [0.4, 0.5) is 5.69 Å². The molecule has 1 aromatic rings. The number of benzene rings is 1. The summed E-state index contributed by atoms with van der Waals surface area (Å²) in [5, 5.41) is 3.27. The van der Waals surface area contributed by atoms with Crippen LogP contribution in [0.5, 0.6) is 5.75 Å². The Balaban J connectivity index is 2.50. The predicted octanol–water partition coefficient (Wildman–Crippen LogP) is 2.23. The van der Waals surface area contributed by atoms with Crippen LogP contribution in [0.2, 0.25) is 0 Å². The zero-order valence-corrected chi connectivity index (χ0v) is 9.71. The first-order valence-electron chi connectivity index (χ1n) is 5.27. The molecule has 3 nitrogen and oxygen atoms in total. The number of hydrogen-bond acceptors (Lipinski definition) is 3. The summed E-state index contributed by atoms with van der Waals surface area (Å²) in [4.78, 5) is 0. The Morgan fingerprint density at radius 3 is 2.33 bits per heavy atom. The van der Waals surface area contributed by atoms with Gasteiger partial charge in [-0.1, -0.05) is 0 Å². The largest absolute Gasteiger partial charge is 0.494 e. The fourth-order valence-electron chi connectivity index (χ4n) is 1.17. The Hall–Kier alpha value is -1.22. The number of nitrogens with one attached hydrogen (secondary N) is 1. The van der Waals surface area contributed by atoms with Gasteiger partial charge in [0.2, 0.25) is 0 Å².